The van der Waals surface area contributed by atoms with Gasteiger partial charge >= 0.3 is 12.1 Å². The summed E-state index contributed by atoms with van der Waals surface area (Å²) in [7, 11) is 1.34. The van der Waals surface area contributed by atoms with Crippen LogP contribution in [0.25, 0.3) is 0 Å². The molecule has 0 saturated carbocycles. The molecule has 4 atom stereocenters. The second kappa shape index (κ2) is 8.54. The Balaban J connectivity index is 1.87. The fourth-order valence-electron chi connectivity index (χ4n) is 4.04. The monoisotopic (exact) mass is 406 g/mol. The van der Waals surface area contributed by atoms with E-state index in [2.05, 4.69) is 10.3 Å². The van der Waals surface area contributed by atoms with E-state index in [4.69, 9.17) is 9.47 Å². The van der Waals surface area contributed by atoms with Crippen LogP contribution in [-0.2, 0) is 14.3 Å². The van der Waals surface area contributed by atoms with Crippen LogP contribution >= 0.6 is 0 Å². The van der Waals surface area contributed by atoms with Gasteiger partial charge in [0.05, 0.1) is 13.2 Å². The van der Waals surface area contributed by atoms with E-state index in [9.17, 15) is 14.7 Å². The summed E-state index contributed by atoms with van der Waals surface area (Å²) in [5, 5.41) is 13.9. The third kappa shape index (κ3) is 4.97. The molecule has 1 aromatic rings. The maximum absolute atomic E-state index is 12.4. The molecule has 29 heavy (non-hydrogen) atoms. The van der Waals surface area contributed by atoms with Crippen LogP contribution in [0.1, 0.15) is 33.6 Å². The van der Waals surface area contributed by atoms with Gasteiger partial charge in [0.25, 0.3) is 0 Å². The number of ether oxygens (including phenoxy) is 2. The van der Waals surface area contributed by atoms with Crippen molar-refractivity contribution >= 4 is 17.9 Å². The lowest BCUT2D eigenvalue weighted by atomic mass is 10.1. The normalized spacial score (nSPS) is 27.7. The third-order valence-corrected chi connectivity index (χ3v) is 5.22. The number of nitrogens with zero attached hydrogens (tertiary/aromatic N) is 3. The minimum Gasteiger partial charge on any atom is -0.468 e. The standard InChI is InChI=1S/C20H30N4O5/c1-20(2,3)29-19(27)22-14-12-23(16-7-5-6-10-21-16)11-13-8-9-15(18(26)28-4)24(13)17(14)25/h5-7,10,13-15,17,25H,8-9,11-12H2,1-4H3,(H,22,27)/t13-,14+,15+,17?/m1/s1. The van der Waals surface area contributed by atoms with E-state index in [0.29, 0.717) is 19.5 Å². The molecule has 2 aliphatic heterocycles. The number of carbonyl (C=O) groups excluding carboxylic acids is 2. The Kier molecular flexibility index (Phi) is 6.28. The summed E-state index contributed by atoms with van der Waals surface area (Å²) in [6.07, 6.45) is 1.35. The molecule has 9 heteroatoms. The molecular weight excluding hydrogens is 376 g/mol. The van der Waals surface area contributed by atoms with E-state index in [1.165, 1.54) is 7.11 Å². The fraction of sp³-hybridized carbons (Fsp3) is 0.650. The zero-order valence-corrected chi connectivity index (χ0v) is 17.4. The van der Waals surface area contributed by atoms with E-state index in [1.807, 2.05) is 23.1 Å². The molecule has 0 bridgehead atoms. The minimum absolute atomic E-state index is 0.0680. The molecule has 3 heterocycles. The van der Waals surface area contributed by atoms with Crippen LogP contribution in [0, 0.1) is 0 Å². The summed E-state index contributed by atoms with van der Waals surface area (Å²) in [4.78, 5) is 32.9. The van der Waals surface area contributed by atoms with Crippen LogP contribution in [0.15, 0.2) is 24.4 Å². The van der Waals surface area contributed by atoms with Crippen molar-refractivity contribution in [1.82, 2.24) is 15.2 Å². The third-order valence-electron chi connectivity index (χ3n) is 5.22. The molecule has 1 aromatic heterocycles. The number of hydrogen-bond acceptors (Lipinski definition) is 8. The first-order valence-corrected chi connectivity index (χ1v) is 9.88. The van der Waals surface area contributed by atoms with Gasteiger partial charge in [-0.3, -0.25) is 9.69 Å². The average molecular weight is 406 g/mol. The Morgan fingerprint density at radius 3 is 2.62 bits per heavy atom. The van der Waals surface area contributed by atoms with Crippen LogP contribution in [0.5, 0.6) is 0 Å². The number of fused-ring (bicyclic) bond motifs is 1. The summed E-state index contributed by atoms with van der Waals surface area (Å²) in [6, 6.07) is 4.32. The number of pyridine rings is 1. The largest absolute Gasteiger partial charge is 0.468 e. The van der Waals surface area contributed by atoms with Gasteiger partial charge in [0.15, 0.2) is 0 Å². The van der Waals surface area contributed by atoms with Gasteiger partial charge in [-0.2, -0.15) is 0 Å². The lowest BCUT2D eigenvalue weighted by molar-refractivity contribution is -0.151. The Morgan fingerprint density at radius 2 is 2.00 bits per heavy atom. The lowest BCUT2D eigenvalue weighted by Crippen LogP contribution is -2.57. The highest BCUT2D eigenvalue weighted by Crippen LogP contribution is 2.32. The minimum atomic E-state index is -1.06. The highest BCUT2D eigenvalue weighted by atomic mass is 16.6. The average Bonchev–Trinajstić information content (AvgIpc) is 3.02. The molecule has 1 amide bonds. The zero-order valence-electron chi connectivity index (χ0n) is 17.4. The van der Waals surface area contributed by atoms with Crippen molar-refractivity contribution in [3.05, 3.63) is 24.4 Å². The molecule has 0 aromatic carbocycles. The number of hydrogen-bond donors (Lipinski definition) is 2. The smallest absolute Gasteiger partial charge is 0.408 e. The number of esters is 1. The highest BCUT2D eigenvalue weighted by Gasteiger charge is 2.47. The zero-order chi connectivity index (χ0) is 21.2. The van der Waals surface area contributed by atoms with E-state index in [-0.39, 0.29) is 12.0 Å². The van der Waals surface area contributed by atoms with Crippen LogP contribution in [0.3, 0.4) is 0 Å². The lowest BCUT2D eigenvalue weighted by Gasteiger charge is -2.34. The molecule has 2 N–H and O–H groups in total. The van der Waals surface area contributed by atoms with Crippen LogP contribution in [0.2, 0.25) is 0 Å². The number of nitrogens with one attached hydrogen (secondary N) is 1. The van der Waals surface area contributed by atoms with Gasteiger partial charge in [-0.15, -0.1) is 0 Å². The first-order valence-electron chi connectivity index (χ1n) is 9.88. The van der Waals surface area contributed by atoms with Gasteiger partial charge in [0, 0.05) is 25.3 Å². The quantitative estimate of drug-likeness (QED) is 0.720. The fourth-order valence-corrected chi connectivity index (χ4v) is 4.04. The number of aromatic nitrogens is 1. The Labute approximate surface area is 171 Å². The number of alkyl carbamates (subject to hydrolysis) is 1. The van der Waals surface area contributed by atoms with Crippen molar-refractivity contribution in [2.24, 2.45) is 0 Å². The molecule has 0 radical (unpaired) electrons. The number of aliphatic hydroxyl groups is 1. The Morgan fingerprint density at radius 1 is 1.24 bits per heavy atom. The number of carbonyl (C=O) groups is 2. The molecule has 9 nitrogen and oxygen atoms in total. The van der Waals surface area contributed by atoms with Crippen LogP contribution in [-0.4, -0.2) is 77.2 Å². The van der Waals surface area contributed by atoms with Crippen molar-refractivity contribution < 1.29 is 24.2 Å². The highest BCUT2D eigenvalue weighted by molar-refractivity contribution is 5.76. The van der Waals surface area contributed by atoms with Crippen molar-refractivity contribution in [2.45, 2.75) is 63.6 Å². The van der Waals surface area contributed by atoms with E-state index in [0.717, 1.165) is 12.2 Å². The second-order valence-electron chi connectivity index (χ2n) is 8.48. The number of aliphatic hydroxyl groups excluding tert-OH is 1. The molecule has 2 saturated heterocycles. The van der Waals surface area contributed by atoms with Gasteiger partial charge < -0.3 is 24.8 Å². The topological polar surface area (TPSA) is 104 Å². The Bertz CT molecular complexity index is 723. The summed E-state index contributed by atoms with van der Waals surface area (Å²) in [6.45, 7) is 6.24. The molecule has 1 unspecified atom stereocenters. The van der Waals surface area contributed by atoms with Crippen molar-refractivity contribution in [1.29, 1.82) is 0 Å². The number of methoxy groups -OCH3 is 1. The second-order valence-corrected chi connectivity index (χ2v) is 8.48. The van der Waals surface area contributed by atoms with Gasteiger partial charge in [-0.1, -0.05) is 6.07 Å². The first kappa shape index (κ1) is 21.3. The molecule has 160 valence electrons. The van der Waals surface area contributed by atoms with Crippen molar-refractivity contribution in [2.75, 3.05) is 25.1 Å². The van der Waals surface area contributed by atoms with Gasteiger partial charge in [-0.05, 0) is 45.7 Å². The number of amides is 1. The van der Waals surface area contributed by atoms with Crippen molar-refractivity contribution in [3.63, 3.8) is 0 Å². The first-order chi connectivity index (χ1) is 13.7. The summed E-state index contributed by atoms with van der Waals surface area (Å²) in [5.74, 6) is 0.368. The summed E-state index contributed by atoms with van der Waals surface area (Å²) >= 11 is 0. The molecule has 2 aliphatic rings. The van der Waals surface area contributed by atoms with Crippen LogP contribution < -0.4 is 10.2 Å². The predicted molar refractivity (Wildman–Crippen MR) is 106 cm³/mol. The molecule has 0 spiro atoms. The van der Waals surface area contributed by atoms with Gasteiger partial charge in [0.2, 0.25) is 0 Å². The molecule has 0 aliphatic carbocycles. The predicted octanol–water partition coefficient (Wildman–Crippen LogP) is 1.12. The summed E-state index contributed by atoms with van der Waals surface area (Å²) < 4.78 is 10.3. The maximum Gasteiger partial charge on any atom is 0.408 e. The van der Waals surface area contributed by atoms with E-state index in [1.54, 1.807) is 31.9 Å². The SMILES string of the molecule is COC(=O)[C@@H]1CC[C@@H]2CN(c3ccccn3)C[C@H](NC(=O)OC(C)(C)C)C(O)N21. The Hall–Kier alpha value is -2.39. The molecule has 2 fully saturated rings. The van der Waals surface area contributed by atoms with Gasteiger partial charge in [-0.25, -0.2) is 9.78 Å². The van der Waals surface area contributed by atoms with E-state index >= 15 is 0 Å². The number of anilines is 1. The van der Waals surface area contributed by atoms with E-state index < -0.39 is 30.0 Å². The molecular formula is C20H30N4O5. The molecule has 3 rings (SSSR count). The van der Waals surface area contributed by atoms with Crippen LogP contribution in [0.4, 0.5) is 10.6 Å². The number of rotatable bonds is 3. The summed E-state index contributed by atoms with van der Waals surface area (Å²) in [5.41, 5.74) is -0.662. The van der Waals surface area contributed by atoms with Crippen molar-refractivity contribution in [3.8, 4) is 0 Å². The maximum atomic E-state index is 12.4. The van der Waals surface area contributed by atoms with Gasteiger partial charge in [0.1, 0.15) is 23.7 Å².